The Bertz CT molecular complexity index is 957. The molecule has 118 valence electrons. The van der Waals surface area contributed by atoms with E-state index in [4.69, 9.17) is 0 Å². The minimum absolute atomic E-state index is 0.201. The second-order valence-corrected chi connectivity index (χ2v) is 6.38. The number of hydrogen-bond donors (Lipinski definition) is 1. The highest BCUT2D eigenvalue weighted by Crippen LogP contribution is 2.25. The molecule has 0 aliphatic rings. The van der Waals surface area contributed by atoms with E-state index in [0.29, 0.717) is 17.2 Å². The van der Waals surface area contributed by atoms with E-state index in [9.17, 15) is 4.79 Å². The van der Waals surface area contributed by atoms with Gasteiger partial charge in [-0.2, -0.15) is 5.10 Å². The highest BCUT2D eigenvalue weighted by atomic mass is 32.1. The van der Waals surface area contributed by atoms with E-state index < -0.39 is 0 Å². The molecule has 5 nitrogen and oxygen atoms in total. The first kappa shape index (κ1) is 14.6. The third kappa shape index (κ3) is 3.04. The molecule has 0 saturated heterocycles. The second-order valence-electron chi connectivity index (χ2n) is 5.35. The number of aromatic nitrogens is 3. The van der Waals surface area contributed by atoms with Gasteiger partial charge in [-0.05, 0) is 17.7 Å². The van der Waals surface area contributed by atoms with Gasteiger partial charge in [-0.3, -0.25) is 14.8 Å². The summed E-state index contributed by atoms with van der Waals surface area (Å²) < 4.78 is 2.80. The molecule has 0 radical (unpaired) electrons. The minimum atomic E-state index is -0.201. The van der Waals surface area contributed by atoms with Gasteiger partial charge in [0, 0.05) is 6.20 Å². The average Bonchev–Trinajstić information content (AvgIpc) is 3.22. The monoisotopic (exact) mass is 334 g/mol. The minimum Gasteiger partial charge on any atom is -0.298 e. The van der Waals surface area contributed by atoms with Crippen LogP contribution in [0.4, 0.5) is 5.13 Å². The Kier molecular flexibility index (Phi) is 3.80. The molecule has 0 aliphatic heterocycles. The highest BCUT2D eigenvalue weighted by Gasteiger charge is 2.12. The van der Waals surface area contributed by atoms with Gasteiger partial charge in [0.05, 0.1) is 28.5 Å². The van der Waals surface area contributed by atoms with Crippen molar-refractivity contribution < 1.29 is 4.79 Å². The molecule has 0 saturated carbocycles. The third-order valence-electron chi connectivity index (χ3n) is 3.60. The van der Waals surface area contributed by atoms with Crippen LogP contribution in [-0.2, 0) is 6.54 Å². The molecule has 4 rings (SSSR count). The number of para-hydroxylation sites is 1. The van der Waals surface area contributed by atoms with Crippen molar-refractivity contribution in [2.75, 3.05) is 5.32 Å². The van der Waals surface area contributed by atoms with Crippen molar-refractivity contribution in [1.29, 1.82) is 0 Å². The molecular weight excluding hydrogens is 320 g/mol. The normalized spacial score (nSPS) is 10.8. The summed E-state index contributed by atoms with van der Waals surface area (Å²) in [5, 5.41) is 7.69. The van der Waals surface area contributed by atoms with Gasteiger partial charge >= 0.3 is 0 Å². The van der Waals surface area contributed by atoms with E-state index in [1.807, 2.05) is 54.6 Å². The van der Waals surface area contributed by atoms with Crippen molar-refractivity contribution in [3.8, 4) is 0 Å². The molecule has 0 fully saturated rings. The van der Waals surface area contributed by atoms with Crippen molar-refractivity contribution >= 4 is 32.6 Å². The van der Waals surface area contributed by atoms with Crippen LogP contribution >= 0.6 is 11.3 Å². The standard InChI is InChI=1S/C18H14N4OS/c23-17(21-18-20-15-8-4-5-9-16(15)24-18)14-10-19-22(12-14)11-13-6-2-1-3-7-13/h1-10,12H,11H2,(H,20,21,23). The quantitative estimate of drug-likeness (QED) is 0.617. The average molecular weight is 334 g/mol. The number of nitrogens with one attached hydrogen (secondary N) is 1. The van der Waals surface area contributed by atoms with Crippen LogP contribution in [0.1, 0.15) is 15.9 Å². The Hall–Kier alpha value is -2.99. The lowest BCUT2D eigenvalue weighted by Gasteiger charge is -2.01. The summed E-state index contributed by atoms with van der Waals surface area (Å²) in [4.78, 5) is 16.8. The molecule has 0 unspecified atom stereocenters. The fraction of sp³-hybridized carbons (Fsp3) is 0.0556. The number of amides is 1. The smallest absolute Gasteiger partial charge is 0.260 e. The number of benzene rings is 2. The number of carbonyl (C=O) groups excluding carboxylic acids is 1. The first-order valence-corrected chi connectivity index (χ1v) is 8.33. The van der Waals surface area contributed by atoms with Crippen LogP contribution in [0.25, 0.3) is 10.2 Å². The number of fused-ring (bicyclic) bond motifs is 1. The van der Waals surface area contributed by atoms with Gasteiger partial charge in [0.25, 0.3) is 5.91 Å². The number of nitrogens with zero attached hydrogens (tertiary/aromatic N) is 3. The summed E-state index contributed by atoms with van der Waals surface area (Å²) >= 11 is 1.46. The topological polar surface area (TPSA) is 59.8 Å². The summed E-state index contributed by atoms with van der Waals surface area (Å²) in [5.41, 5.74) is 2.54. The maximum Gasteiger partial charge on any atom is 0.260 e. The summed E-state index contributed by atoms with van der Waals surface area (Å²) in [5.74, 6) is -0.201. The molecule has 2 aromatic carbocycles. The maximum absolute atomic E-state index is 12.4. The van der Waals surface area contributed by atoms with Gasteiger partial charge < -0.3 is 0 Å². The van der Waals surface area contributed by atoms with Crippen molar-refractivity contribution in [3.63, 3.8) is 0 Å². The van der Waals surface area contributed by atoms with Crippen LogP contribution in [0.5, 0.6) is 0 Å². The zero-order valence-corrected chi connectivity index (χ0v) is 13.5. The Balaban J connectivity index is 1.48. The van der Waals surface area contributed by atoms with Crippen molar-refractivity contribution in [2.24, 2.45) is 0 Å². The van der Waals surface area contributed by atoms with Gasteiger partial charge in [-0.1, -0.05) is 53.8 Å². The zero-order valence-electron chi connectivity index (χ0n) is 12.7. The van der Waals surface area contributed by atoms with Crippen molar-refractivity contribution in [3.05, 3.63) is 78.1 Å². The number of carbonyl (C=O) groups is 1. The Labute approximate surface area is 142 Å². The van der Waals surface area contributed by atoms with Gasteiger partial charge in [0.15, 0.2) is 5.13 Å². The van der Waals surface area contributed by atoms with Gasteiger partial charge in [0.2, 0.25) is 0 Å². The molecular formula is C18H14N4OS. The number of thiazole rings is 1. The lowest BCUT2D eigenvalue weighted by Crippen LogP contribution is -2.10. The first-order chi connectivity index (χ1) is 11.8. The number of rotatable bonds is 4. The van der Waals surface area contributed by atoms with Gasteiger partial charge in [-0.25, -0.2) is 4.98 Å². The summed E-state index contributed by atoms with van der Waals surface area (Å²) in [6.07, 6.45) is 3.32. The van der Waals surface area contributed by atoms with Gasteiger partial charge in [-0.15, -0.1) is 0 Å². The van der Waals surface area contributed by atoms with Gasteiger partial charge in [0.1, 0.15) is 0 Å². The van der Waals surface area contributed by atoms with E-state index in [1.54, 1.807) is 17.1 Å². The molecule has 24 heavy (non-hydrogen) atoms. The summed E-state index contributed by atoms with van der Waals surface area (Å²) in [6.45, 7) is 0.634. The summed E-state index contributed by atoms with van der Waals surface area (Å²) in [7, 11) is 0. The number of hydrogen-bond acceptors (Lipinski definition) is 4. The molecule has 0 spiro atoms. The molecule has 4 aromatic rings. The Morgan fingerprint density at radius 2 is 1.88 bits per heavy atom. The molecule has 1 N–H and O–H groups in total. The van der Waals surface area contributed by atoms with E-state index in [0.717, 1.165) is 15.8 Å². The fourth-order valence-electron chi connectivity index (χ4n) is 2.43. The Morgan fingerprint density at radius 3 is 2.71 bits per heavy atom. The maximum atomic E-state index is 12.4. The van der Waals surface area contributed by atoms with E-state index >= 15 is 0 Å². The number of anilines is 1. The predicted octanol–water partition coefficient (Wildman–Crippen LogP) is 3.79. The third-order valence-corrected chi connectivity index (χ3v) is 4.55. The van der Waals surface area contributed by atoms with Crippen LogP contribution in [0.15, 0.2) is 67.0 Å². The van der Waals surface area contributed by atoms with Crippen LogP contribution in [-0.4, -0.2) is 20.7 Å². The van der Waals surface area contributed by atoms with Crippen LogP contribution in [0.3, 0.4) is 0 Å². The second kappa shape index (κ2) is 6.25. The molecule has 1 amide bonds. The molecule has 0 atom stereocenters. The fourth-order valence-corrected chi connectivity index (χ4v) is 3.29. The lowest BCUT2D eigenvalue weighted by molar-refractivity contribution is 0.102. The van der Waals surface area contributed by atoms with Crippen LogP contribution < -0.4 is 5.32 Å². The Morgan fingerprint density at radius 1 is 1.08 bits per heavy atom. The van der Waals surface area contributed by atoms with E-state index in [-0.39, 0.29) is 5.91 Å². The summed E-state index contributed by atoms with van der Waals surface area (Å²) in [6, 6.07) is 17.8. The van der Waals surface area contributed by atoms with Crippen molar-refractivity contribution in [2.45, 2.75) is 6.54 Å². The molecule has 0 aliphatic carbocycles. The van der Waals surface area contributed by atoms with Crippen LogP contribution in [0, 0.1) is 0 Å². The highest BCUT2D eigenvalue weighted by molar-refractivity contribution is 7.22. The molecule has 2 aromatic heterocycles. The SMILES string of the molecule is O=C(Nc1nc2ccccc2s1)c1cnn(Cc2ccccc2)c1. The van der Waals surface area contributed by atoms with E-state index in [1.165, 1.54) is 11.3 Å². The largest absolute Gasteiger partial charge is 0.298 e. The molecule has 6 heteroatoms. The lowest BCUT2D eigenvalue weighted by atomic mass is 10.2. The molecule has 2 heterocycles. The predicted molar refractivity (Wildman–Crippen MR) is 95.3 cm³/mol. The molecule has 0 bridgehead atoms. The first-order valence-electron chi connectivity index (χ1n) is 7.51. The van der Waals surface area contributed by atoms with Crippen molar-refractivity contribution in [1.82, 2.24) is 14.8 Å². The van der Waals surface area contributed by atoms with E-state index in [2.05, 4.69) is 15.4 Å². The van der Waals surface area contributed by atoms with Crippen LogP contribution in [0.2, 0.25) is 0 Å². The zero-order chi connectivity index (χ0) is 16.4.